The van der Waals surface area contributed by atoms with E-state index in [1.165, 1.54) is 40.2 Å². The van der Waals surface area contributed by atoms with Gasteiger partial charge in [0.1, 0.15) is 20.6 Å². The lowest BCUT2D eigenvalue weighted by Gasteiger charge is -2.27. The number of fused-ring (bicyclic) bond motifs is 2. The number of hydrogen-bond acceptors (Lipinski definition) is 14. The molecule has 5 aromatic heterocycles. The molecule has 742 valence electrons. The number of anilines is 5. The van der Waals surface area contributed by atoms with Gasteiger partial charge in [0, 0.05) is 183 Å². The van der Waals surface area contributed by atoms with Crippen molar-refractivity contribution in [2.75, 3.05) is 144 Å². The minimum Gasteiger partial charge on any atom is -0.378 e. The summed E-state index contributed by atoms with van der Waals surface area (Å²) >= 11 is 0. The Balaban J connectivity index is -0.000000264. The lowest BCUT2D eigenvalue weighted by Crippen LogP contribution is -2.31. The first kappa shape index (κ1) is 135. The second kappa shape index (κ2) is 88.8. The molecule has 1 aliphatic carbocycles. The minimum atomic E-state index is -0.0856. The highest BCUT2D eigenvalue weighted by atomic mass is 16.1. The van der Waals surface area contributed by atoms with Crippen LogP contribution in [0.25, 0.3) is 6.08 Å². The number of azo groups is 2. The Hall–Kier alpha value is -13.1. The zero-order chi connectivity index (χ0) is 103. The molecule has 12 aromatic rings. The number of imidazole rings is 2. The van der Waals surface area contributed by atoms with E-state index in [-0.39, 0.29) is 19.0 Å². The predicted molar refractivity (Wildman–Crippen MR) is 590 cm³/mol. The largest absolute Gasteiger partial charge is 0.420 e. The average molecular weight is 1850 g/mol. The average Bonchev–Trinajstić information content (AvgIpc) is 1.54. The van der Waals surface area contributed by atoms with Crippen molar-refractivity contribution in [1.82, 2.24) is 19.0 Å². The molecule has 1 aliphatic rings. The zero-order valence-electron chi connectivity index (χ0n) is 90.8. The van der Waals surface area contributed by atoms with Crippen molar-refractivity contribution in [1.29, 1.82) is 0 Å². The van der Waals surface area contributed by atoms with Crippen LogP contribution in [0.2, 0.25) is 0 Å². The molecule has 0 radical (unpaired) electrons. The fourth-order valence-electron chi connectivity index (χ4n) is 10.2. The van der Waals surface area contributed by atoms with Crippen LogP contribution in [0.5, 0.6) is 0 Å². The van der Waals surface area contributed by atoms with Crippen LogP contribution in [0.3, 0.4) is 0 Å². The molecule has 13 rings (SSSR count). The third kappa shape index (κ3) is 67.7. The van der Waals surface area contributed by atoms with Crippen LogP contribution in [0, 0.1) is 6.92 Å². The number of carbonyl (C=O) groups excluding carboxylic acids is 2. The van der Waals surface area contributed by atoms with Gasteiger partial charge in [0.2, 0.25) is 0 Å². The van der Waals surface area contributed by atoms with Gasteiger partial charge in [-0.2, -0.15) is 5.10 Å². The molecule has 135 heavy (non-hydrogen) atoms. The summed E-state index contributed by atoms with van der Waals surface area (Å²) < 4.78 is 13.8. The first-order valence-corrected chi connectivity index (χ1v) is 46.4. The molecule has 7 aromatic carbocycles. The quantitative estimate of drug-likeness (QED) is 0.0406. The van der Waals surface area contributed by atoms with E-state index in [0.29, 0.717) is 22.3 Å². The highest BCUT2D eigenvalue weighted by molar-refractivity contribution is 6.32. The fraction of sp³-hybridized carbons (Fsp3) is 0.386. The first-order chi connectivity index (χ1) is 64.0. The van der Waals surface area contributed by atoms with Gasteiger partial charge in [0.15, 0.2) is 48.7 Å². The van der Waals surface area contributed by atoms with E-state index in [4.69, 9.17) is 0 Å². The number of pyridine rings is 3. The lowest BCUT2D eigenvalue weighted by atomic mass is 9.82. The van der Waals surface area contributed by atoms with E-state index >= 15 is 0 Å². The van der Waals surface area contributed by atoms with E-state index in [0.717, 1.165) is 35.5 Å². The van der Waals surface area contributed by atoms with E-state index < -0.39 is 0 Å². The summed E-state index contributed by atoms with van der Waals surface area (Å²) in [5, 5.41) is 21.0. The number of aromatic nitrogens is 7. The second-order valence-corrected chi connectivity index (χ2v) is 30.1. The van der Waals surface area contributed by atoms with Crippen molar-refractivity contribution in [3.8, 4) is 0 Å². The van der Waals surface area contributed by atoms with Crippen molar-refractivity contribution in [2.24, 2.45) is 67.8 Å². The monoisotopic (exact) mass is 1850 g/mol. The summed E-state index contributed by atoms with van der Waals surface area (Å²) in [7, 11) is 44.6. The molecule has 0 saturated carbocycles. The van der Waals surface area contributed by atoms with Gasteiger partial charge < -0.3 is 34.4 Å². The molecule has 0 N–H and O–H groups in total. The number of benzene rings is 7. The van der Waals surface area contributed by atoms with Crippen molar-refractivity contribution in [3.05, 3.63) is 356 Å². The standard InChI is InChI=1S/C18H18N2O2.C9H10.3C8H11N.C8H12N.C7H8.2C6H11N4.2C6H8N.C5H12N2.C5H10.C3H9N.5C2H6.CH4/c1-19(2)13-9-10-14(20(3)4)16-15(13)17(21)11-7-5-6-8-12(11)18(16)22;1-2-6-9-7-4-3-5-8-9;3*1-9(2)8-6-4-3-5-7-8;1-2-6-9-7-4-3-5-8-9;1-7-5-3-2-4-6-7;2*1-7-8-6-9(2)4-5-10(6)3;2*1-7-5-3-2-4-6-7;1-5(2)6-7(3)4;1-4-5(2)3;1-4(2)3;5*1-2;/h5-10H,1-4H3;2-8H,1H3;3*3-7H,1-2H3;3-5,7-8H,2,6H2,1H3;2-6H,1H3;2*4-5H,1-3H3;2*2-6H,1H3;1-4H3;4H,1-3H3;1-3H3;5*1-2H3;1H4/q;;;;;+1;;4*+1;;;;;;;;;/b;6-2+;;;;;;;;;;;;;;;;;;. The third-order valence-corrected chi connectivity index (χ3v) is 16.5. The third-order valence-electron chi connectivity index (χ3n) is 16.5. The number of aryl methyl sites for hydroxylation is 8. The number of hydrazone groups is 1. The summed E-state index contributed by atoms with van der Waals surface area (Å²) in [6.45, 7) is 37.6. The molecular formula is C114H184N19O2+5. The number of allylic oxidation sites excluding steroid dienone is 3. The highest BCUT2D eigenvalue weighted by Gasteiger charge is 2.34. The summed E-state index contributed by atoms with van der Waals surface area (Å²) in [4.78, 5) is 37.9. The van der Waals surface area contributed by atoms with Crippen LogP contribution in [0.4, 0.5) is 40.3 Å². The van der Waals surface area contributed by atoms with Gasteiger partial charge in [-0.3, -0.25) is 9.59 Å². The lowest BCUT2D eigenvalue weighted by molar-refractivity contribution is -0.697. The van der Waals surface area contributed by atoms with Gasteiger partial charge in [-0.1, -0.05) is 271 Å². The normalized spacial score (nSPS) is 9.38. The van der Waals surface area contributed by atoms with Gasteiger partial charge in [-0.25, -0.2) is 32.0 Å². The van der Waals surface area contributed by atoms with Crippen LogP contribution >= 0.6 is 0 Å². The fourth-order valence-corrected chi connectivity index (χ4v) is 10.2. The SMILES string of the molecule is C.C/C=C/c1ccccc1.CC.CC.CC.CC.CC.CC(C)=NN(C)C.CC=C(C)C.CCC[n+]1ccccc1.CN(C)C.CN(C)c1ccc(N(C)C)c2c1C(=O)c1ccccc1C2=O.CN(C)c1ccccc1.CN(C)c1ccccc1.CN(C)c1ccccc1.CN=Nc1n(C)cc[n+]1C.CN=Nc1n(C)cc[n+]1C.C[n+]1ccccc1.C[n+]1ccccc1.Cc1ccccc1. The molecule has 0 unspecified atom stereocenters. The van der Waals surface area contributed by atoms with Gasteiger partial charge in [-0.15, -0.1) is 10.2 Å². The first-order valence-electron chi connectivity index (χ1n) is 46.4. The summed E-state index contributed by atoms with van der Waals surface area (Å²) in [6.07, 6.45) is 27.3. The molecule has 0 bridgehead atoms. The number of para-hydroxylation sites is 3. The molecule has 21 heteroatoms. The van der Waals surface area contributed by atoms with Crippen LogP contribution in [-0.4, -0.2) is 156 Å². The maximum atomic E-state index is 13.0. The molecular weight excluding hydrogens is 1670 g/mol. The molecule has 0 spiro atoms. The van der Waals surface area contributed by atoms with E-state index in [2.05, 4.69) is 170 Å². The Morgan fingerprint density at radius 3 is 0.830 bits per heavy atom. The van der Waals surface area contributed by atoms with E-state index in [1.54, 1.807) is 43.4 Å². The Morgan fingerprint density at radius 2 is 0.644 bits per heavy atom. The van der Waals surface area contributed by atoms with Crippen LogP contribution in [0.1, 0.15) is 175 Å². The Labute approximate surface area is 823 Å². The Morgan fingerprint density at radius 1 is 0.378 bits per heavy atom. The highest BCUT2D eigenvalue weighted by Crippen LogP contribution is 2.38. The van der Waals surface area contributed by atoms with Crippen molar-refractivity contribution < 1.29 is 32.4 Å². The smallest absolute Gasteiger partial charge is 0.378 e. The van der Waals surface area contributed by atoms with E-state index in [1.807, 2.05) is 488 Å². The molecule has 0 fully saturated rings. The van der Waals surface area contributed by atoms with Gasteiger partial charge >= 0.3 is 11.9 Å². The van der Waals surface area contributed by atoms with Crippen LogP contribution < -0.4 is 47.3 Å². The maximum absolute atomic E-state index is 13.0. The van der Waals surface area contributed by atoms with E-state index in [9.17, 15) is 9.59 Å². The molecule has 0 aliphatic heterocycles. The van der Waals surface area contributed by atoms with Gasteiger partial charge in [-0.05, 0) is 124 Å². The second-order valence-electron chi connectivity index (χ2n) is 30.1. The molecule has 21 nitrogen and oxygen atoms in total. The number of nitrogens with zero attached hydrogens (tertiary/aromatic N) is 19. The number of carbonyl (C=O) groups is 2. The summed E-state index contributed by atoms with van der Waals surface area (Å²) in [5.74, 6) is 1.53. The zero-order valence-corrected chi connectivity index (χ0v) is 90.8. The molecule has 0 amide bonds. The summed E-state index contributed by atoms with van der Waals surface area (Å²) in [5.41, 5.74) is 12.3. The predicted octanol–water partition coefficient (Wildman–Crippen LogP) is 25.0. The van der Waals surface area contributed by atoms with Crippen LogP contribution in [-0.2, 0) is 48.8 Å². The number of hydrogen-bond donors (Lipinski definition) is 0. The Kier molecular flexibility index (Phi) is 88.7. The van der Waals surface area contributed by atoms with Crippen LogP contribution in [0.15, 0.2) is 348 Å². The number of ketones is 2. The molecule has 0 atom stereocenters. The van der Waals surface area contributed by atoms with Crippen molar-refractivity contribution >= 4 is 63.7 Å². The summed E-state index contributed by atoms with van der Waals surface area (Å²) in [6, 6.07) is 80.3. The van der Waals surface area contributed by atoms with Gasteiger partial charge in [0.05, 0.1) is 78.2 Å². The molecule has 5 heterocycles. The van der Waals surface area contributed by atoms with Crippen molar-refractivity contribution in [3.63, 3.8) is 0 Å². The number of rotatable bonds is 11. The van der Waals surface area contributed by atoms with Crippen molar-refractivity contribution in [2.45, 2.75) is 145 Å². The topological polar surface area (TPSA) is 148 Å². The minimum absolute atomic E-state index is 0. The maximum Gasteiger partial charge on any atom is 0.420 e. The van der Waals surface area contributed by atoms with Gasteiger partial charge in [0.25, 0.3) is 0 Å². The molecule has 0 saturated heterocycles. The Bertz CT molecular complexity index is 4520.